The van der Waals surface area contributed by atoms with Gasteiger partial charge < -0.3 is 24.8 Å². The van der Waals surface area contributed by atoms with Crippen molar-refractivity contribution in [2.45, 2.75) is 50.2 Å². The number of nitrogens with one attached hydrogen (secondary N) is 2. The maximum absolute atomic E-state index is 14.9. The number of nitrogens with zero attached hydrogens (tertiary/aromatic N) is 4. The van der Waals surface area contributed by atoms with Crippen LogP contribution in [-0.4, -0.2) is 51.9 Å². The van der Waals surface area contributed by atoms with Crippen LogP contribution in [0.2, 0.25) is 5.02 Å². The molecule has 2 atom stereocenters. The molecule has 0 spiro atoms. The Hall–Kier alpha value is -3.21. The molecule has 1 aliphatic carbocycles. The molecule has 0 bridgehead atoms. The molecule has 2 aliphatic heterocycles. The summed E-state index contributed by atoms with van der Waals surface area (Å²) >= 11 is 6.39. The minimum absolute atomic E-state index is 0.123. The molecule has 0 unspecified atom stereocenters. The Morgan fingerprint density at radius 1 is 1.26 bits per heavy atom. The van der Waals surface area contributed by atoms with E-state index in [4.69, 9.17) is 16.3 Å². The number of aryl methyl sites for hydroxylation is 1. The number of pyridine rings is 1. The van der Waals surface area contributed by atoms with Crippen LogP contribution in [0.3, 0.4) is 0 Å². The highest BCUT2D eigenvalue weighted by Crippen LogP contribution is 2.45. The van der Waals surface area contributed by atoms with Gasteiger partial charge in [-0.05, 0) is 56.7 Å². The van der Waals surface area contributed by atoms with Gasteiger partial charge in [0.05, 0.1) is 30.0 Å². The summed E-state index contributed by atoms with van der Waals surface area (Å²) in [6.07, 6.45) is 4.03. The minimum atomic E-state index is -3.12. The van der Waals surface area contributed by atoms with Crippen molar-refractivity contribution in [2.75, 3.05) is 35.2 Å². The smallest absolute Gasteiger partial charge is 0.301 e. The lowest BCUT2D eigenvalue weighted by molar-refractivity contribution is -0.0579. The molecule has 8 nitrogen and oxygen atoms in total. The van der Waals surface area contributed by atoms with Crippen LogP contribution in [0.15, 0.2) is 29.2 Å². The van der Waals surface area contributed by atoms with E-state index in [0.29, 0.717) is 60.6 Å². The summed E-state index contributed by atoms with van der Waals surface area (Å²) in [5.74, 6) is -2.74. The zero-order valence-corrected chi connectivity index (χ0v) is 21.8. The first-order valence-corrected chi connectivity index (χ1v) is 13.1. The average Bonchev–Trinajstić information content (AvgIpc) is 3.71. The number of rotatable bonds is 4. The highest BCUT2D eigenvalue weighted by molar-refractivity contribution is 6.32. The molecule has 1 aromatic carbocycles. The van der Waals surface area contributed by atoms with Gasteiger partial charge in [-0.1, -0.05) is 11.6 Å². The number of hydrogen-bond donors (Lipinski definition) is 2. The van der Waals surface area contributed by atoms with Gasteiger partial charge in [0.25, 0.3) is 5.56 Å². The van der Waals surface area contributed by atoms with Gasteiger partial charge in [-0.15, -0.1) is 0 Å². The van der Waals surface area contributed by atoms with E-state index < -0.39 is 29.8 Å². The second-order valence-corrected chi connectivity index (χ2v) is 11.1. The van der Waals surface area contributed by atoms with Crippen molar-refractivity contribution in [2.24, 2.45) is 13.0 Å². The number of piperidine rings is 1. The van der Waals surface area contributed by atoms with Crippen LogP contribution in [-0.2, 0) is 7.05 Å². The summed E-state index contributed by atoms with van der Waals surface area (Å²) in [6.45, 7) is 1.53. The minimum Gasteiger partial charge on any atom is -0.480 e. The first-order chi connectivity index (χ1) is 18.0. The van der Waals surface area contributed by atoms with E-state index in [0.717, 1.165) is 0 Å². The second-order valence-electron chi connectivity index (χ2n) is 10.7. The number of fused-ring (bicyclic) bond motifs is 3. The largest absolute Gasteiger partial charge is 0.480 e. The van der Waals surface area contributed by atoms with Crippen LogP contribution in [0.25, 0.3) is 10.9 Å². The summed E-state index contributed by atoms with van der Waals surface area (Å²) in [6, 6.07) is 4.09. The lowest BCUT2D eigenvalue weighted by atomic mass is 9.97. The quantitative estimate of drug-likeness (QED) is 0.459. The summed E-state index contributed by atoms with van der Waals surface area (Å²) in [7, 11) is 1.58. The predicted octanol–water partition coefficient (Wildman–Crippen LogP) is 5.27. The van der Waals surface area contributed by atoms with Crippen molar-refractivity contribution >= 4 is 45.6 Å². The van der Waals surface area contributed by atoms with Crippen molar-refractivity contribution in [3.8, 4) is 5.75 Å². The number of alkyl halides is 3. The normalized spacial score (nSPS) is 24.8. The molecule has 2 aromatic heterocycles. The highest BCUT2D eigenvalue weighted by atomic mass is 35.5. The summed E-state index contributed by atoms with van der Waals surface area (Å²) in [5.41, 5.74) is -0.436. The zero-order chi connectivity index (χ0) is 26.8. The van der Waals surface area contributed by atoms with Gasteiger partial charge in [0.1, 0.15) is 10.7 Å². The summed E-state index contributed by atoms with van der Waals surface area (Å²) < 4.78 is 51.2. The van der Waals surface area contributed by atoms with Crippen LogP contribution < -0.4 is 25.8 Å². The molecular weight excluding hydrogens is 521 g/mol. The van der Waals surface area contributed by atoms with Gasteiger partial charge in [-0.25, -0.2) is 18.2 Å². The number of halogens is 4. The van der Waals surface area contributed by atoms with Crippen molar-refractivity contribution in [1.29, 1.82) is 0 Å². The molecule has 1 saturated carbocycles. The van der Waals surface area contributed by atoms with E-state index in [-0.39, 0.29) is 28.9 Å². The van der Waals surface area contributed by atoms with E-state index in [1.807, 2.05) is 0 Å². The Morgan fingerprint density at radius 2 is 2.05 bits per heavy atom. The standard InChI is InChI=1S/C26H28ClF3N6O2/c1-25(28)8-3-9-36(12-25)24-31-11-17(27)22(34-24)32-15-6-7-18-16(10-15)19-20(23(37)35(18)2)38-13-26(29,30)21(33-19)14-4-5-14/h6-7,10-11,14,21,33H,3-5,8-9,12-13H2,1-2H3,(H,31,32,34)/t21-,25-/m0/s1. The first kappa shape index (κ1) is 25.1. The van der Waals surface area contributed by atoms with E-state index in [2.05, 4.69) is 20.6 Å². The SMILES string of the molecule is Cn1c(=O)c2c(c3cc(Nc4nc(N5CCC[C@](C)(F)C5)ncc4Cl)ccc31)N[C@@H](C1CC1)C(F)(F)CO2. The van der Waals surface area contributed by atoms with E-state index in [9.17, 15) is 18.0 Å². The average molecular weight is 549 g/mol. The second kappa shape index (κ2) is 8.93. The van der Waals surface area contributed by atoms with Crippen molar-refractivity contribution in [3.05, 3.63) is 39.8 Å². The van der Waals surface area contributed by atoms with Crippen molar-refractivity contribution < 1.29 is 17.9 Å². The van der Waals surface area contributed by atoms with Gasteiger partial charge >= 0.3 is 5.92 Å². The van der Waals surface area contributed by atoms with E-state index in [1.54, 1.807) is 37.1 Å². The zero-order valence-electron chi connectivity index (χ0n) is 21.0. The molecule has 12 heteroatoms. The first-order valence-electron chi connectivity index (χ1n) is 12.7. The fourth-order valence-electron chi connectivity index (χ4n) is 5.39. The number of hydrogen-bond acceptors (Lipinski definition) is 7. The van der Waals surface area contributed by atoms with E-state index in [1.165, 1.54) is 10.8 Å². The van der Waals surface area contributed by atoms with Crippen LogP contribution in [0, 0.1) is 5.92 Å². The molecule has 38 heavy (non-hydrogen) atoms. The number of anilines is 4. The van der Waals surface area contributed by atoms with Crippen molar-refractivity contribution in [1.82, 2.24) is 14.5 Å². The van der Waals surface area contributed by atoms with Gasteiger partial charge in [-0.3, -0.25) is 4.79 Å². The molecule has 0 radical (unpaired) electrons. The van der Waals surface area contributed by atoms with Gasteiger partial charge in [0.2, 0.25) is 11.7 Å². The molecule has 2 N–H and O–H groups in total. The lowest BCUT2D eigenvalue weighted by Crippen LogP contribution is -2.44. The Morgan fingerprint density at radius 3 is 2.79 bits per heavy atom. The third-order valence-electron chi connectivity index (χ3n) is 7.53. The Bertz CT molecular complexity index is 1480. The van der Waals surface area contributed by atoms with Crippen LogP contribution in [0.1, 0.15) is 32.6 Å². The molecule has 2 fully saturated rings. The Kier molecular flexibility index (Phi) is 5.89. The third-order valence-corrected chi connectivity index (χ3v) is 7.81. The molecule has 6 rings (SSSR count). The van der Waals surface area contributed by atoms with Gasteiger partial charge in [0, 0.05) is 24.7 Å². The molecule has 4 heterocycles. The highest BCUT2D eigenvalue weighted by Gasteiger charge is 2.51. The molecular formula is C26H28ClF3N6O2. The number of benzene rings is 1. The molecule has 0 amide bonds. The maximum atomic E-state index is 14.9. The number of ether oxygens (including phenoxy) is 1. The fraction of sp³-hybridized carbons (Fsp3) is 0.500. The lowest BCUT2D eigenvalue weighted by Gasteiger charge is -2.35. The molecule has 3 aromatic rings. The van der Waals surface area contributed by atoms with E-state index >= 15 is 0 Å². The van der Waals surface area contributed by atoms with Crippen LogP contribution in [0.4, 0.5) is 36.3 Å². The topological polar surface area (TPSA) is 84.3 Å². The summed E-state index contributed by atoms with van der Waals surface area (Å²) in [5, 5.41) is 6.96. The number of aromatic nitrogens is 3. The van der Waals surface area contributed by atoms with Crippen molar-refractivity contribution in [3.63, 3.8) is 0 Å². The monoisotopic (exact) mass is 548 g/mol. The predicted molar refractivity (Wildman–Crippen MR) is 141 cm³/mol. The Balaban J connectivity index is 1.38. The molecule has 3 aliphatic rings. The van der Waals surface area contributed by atoms with Crippen LogP contribution in [0.5, 0.6) is 5.75 Å². The third kappa shape index (κ3) is 4.50. The fourth-order valence-corrected chi connectivity index (χ4v) is 5.52. The van der Waals surface area contributed by atoms with Crippen LogP contribution >= 0.6 is 11.6 Å². The summed E-state index contributed by atoms with van der Waals surface area (Å²) in [4.78, 5) is 23.6. The van der Waals surface area contributed by atoms with Gasteiger partial charge in [0.15, 0.2) is 12.4 Å². The molecule has 202 valence electrons. The molecule has 1 saturated heterocycles. The van der Waals surface area contributed by atoms with Gasteiger partial charge in [-0.2, -0.15) is 4.98 Å². The Labute approximate surface area is 222 Å². The maximum Gasteiger partial charge on any atom is 0.301 e.